The van der Waals surface area contributed by atoms with Gasteiger partial charge in [-0.05, 0) is 35.0 Å². The van der Waals surface area contributed by atoms with Crippen molar-refractivity contribution >= 4 is 51.1 Å². The van der Waals surface area contributed by atoms with Gasteiger partial charge in [-0.15, -0.1) is 46.2 Å². The number of thiophene rings is 2. The van der Waals surface area contributed by atoms with Gasteiger partial charge in [-0.25, -0.2) is 0 Å². The molecule has 3 heterocycles. The van der Waals surface area contributed by atoms with Gasteiger partial charge >= 0.3 is 0 Å². The summed E-state index contributed by atoms with van der Waals surface area (Å²) in [6, 6.07) is 19.5. The van der Waals surface area contributed by atoms with Crippen LogP contribution in [0.15, 0.2) is 76.3 Å². The number of thioether (sulfide) groups is 2. The van der Waals surface area contributed by atoms with Gasteiger partial charge in [0, 0.05) is 24.8 Å². The maximum atomic E-state index is 2.46. The van der Waals surface area contributed by atoms with Gasteiger partial charge in [-0.1, -0.05) is 36.4 Å². The average molecular weight is 359 g/mol. The summed E-state index contributed by atoms with van der Waals surface area (Å²) in [5.74, 6) is 0. The smallest absolute Gasteiger partial charge is 0.0596 e. The van der Waals surface area contributed by atoms with E-state index in [4.69, 9.17) is 0 Å². The predicted octanol–water partition coefficient (Wildman–Crippen LogP) is 6.80. The van der Waals surface area contributed by atoms with Crippen molar-refractivity contribution < 1.29 is 0 Å². The van der Waals surface area contributed by atoms with Gasteiger partial charge < -0.3 is 0 Å². The molecule has 0 N–H and O–H groups in total. The Labute approximate surface area is 147 Å². The maximum Gasteiger partial charge on any atom is 0.0596 e. The van der Waals surface area contributed by atoms with Crippen molar-refractivity contribution in [2.75, 3.05) is 0 Å². The van der Waals surface area contributed by atoms with Crippen LogP contribution in [0.3, 0.4) is 0 Å². The van der Waals surface area contributed by atoms with Gasteiger partial charge in [0.25, 0.3) is 0 Å². The molecule has 0 amide bonds. The predicted molar refractivity (Wildman–Crippen MR) is 103 cm³/mol. The number of benzene rings is 1. The minimum absolute atomic E-state index is 0.489. The largest absolute Gasteiger partial charge is 0.148 e. The second-order valence-corrected chi connectivity index (χ2v) is 9.32. The first-order valence-electron chi connectivity index (χ1n) is 7.07. The van der Waals surface area contributed by atoms with E-state index in [2.05, 4.69) is 71.4 Å². The van der Waals surface area contributed by atoms with Gasteiger partial charge in [-0.2, -0.15) is 0 Å². The fourth-order valence-corrected chi connectivity index (χ4v) is 7.16. The normalized spacial score (nSPS) is 21.0. The lowest BCUT2D eigenvalue weighted by molar-refractivity contribution is 1.03. The molecule has 22 heavy (non-hydrogen) atoms. The van der Waals surface area contributed by atoms with Crippen molar-refractivity contribution in [1.29, 1.82) is 0 Å². The van der Waals surface area contributed by atoms with Gasteiger partial charge in [0.15, 0.2) is 0 Å². The van der Waals surface area contributed by atoms with Crippen LogP contribution in [0, 0.1) is 0 Å². The molecule has 4 heteroatoms. The summed E-state index contributed by atoms with van der Waals surface area (Å²) in [5, 5.41) is 5.35. The first-order valence-corrected chi connectivity index (χ1v) is 10.6. The van der Waals surface area contributed by atoms with Crippen LogP contribution in [-0.2, 0) is 0 Å². The van der Waals surface area contributed by atoms with Crippen LogP contribution in [0.25, 0.3) is 4.91 Å². The summed E-state index contributed by atoms with van der Waals surface area (Å²) in [7, 11) is 0. The first kappa shape index (κ1) is 14.6. The Hall–Kier alpha value is -0.940. The van der Waals surface area contributed by atoms with Gasteiger partial charge in [0.05, 0.1) is 5.25 Å². The van der Waals surface area contributed by atoms with Crippen molar-refractivity contribution in [3.63, 3.8) is 0 Å². The quantitative estimate of drug-likeness (QED) is 0.503. The van der Waals surface area contributed by atoms with Crippen molar-refractivity contribution in [2.24, 2.45) is 0 Å². The Morgan fingerprint density at radius 1 is 0.818 bits per heavy atom. The molecule has 2 unspecified atom stereocenters. The molecular weight excluding hydrogens is 344 g/mol. The molecule has 0 nitrogen and oxygen atoms in total. The molecule has 0 fully saturated rings. The molecule has 0 saturated carbocycles. The Morgan fingerprint density at radius 3 is 2.36 bits per heavy atom. The van der Waals surface area contributed by atoms with E-state index in [1.54, 1.807) is 0 Å². The SMILES string of the molecule is C1=C(c2cccs2)SC(c2cccs2)C1Sc1ccccc1. The van der Waals surface area contributed by atoms with Crippen LogP contribution in [0.4, 0.5) is 0 Å². The highest BCUT2D eigenvalue weighted by Crippen LogP contribution is 2.54. The molecule has 3 aromatic rings. The summed E-state index contributed by atoms with van der Waals surface area (Å²) in [6.07, 6.45) is 2.46. The molecular formula is C18H14S4. The van der Waals surface area contributed by atoms with Crippen LogP contribution in [-0.4, -0.2) is 5.25 Å². The number of rotatable bonds is 4. The molecule has 1 aromatic carbocycles. The molecule has 0 spiro atoms. The molecule has 1 aliphatic rings. The van der Waals surface area contributed by atoms with Crippen molar-refractivity contribution in [2.45, 2.75) is 15.4 Å². The molecule has 0 radical (unpaired) electrons. The fourth-order valence-electron chi connectivity index (χ4n) is 2.46. The number of hydrogen-bond donors (Lipinski definition) is 0. The number of hydrogen-bond acceptors (Lipinski definition) is 4. The Balaban J connectivity index is 1.64. The molecule has 1 aliphatic heterocycles. The second-order valence-electron chi connectivity index (χ2n) is 4.96. The lowest BCUT2D eigenvalue weighted by atomic mass is 10.2. The summed E-state index contributed by atoms with van der Waals surface area (Å²) < 4.78 is 0. The zero-order valence-electron chi connectivity index (χ0n) is 11.7. The van der Waals surface area contributed by atoms with Gasteiger partial charge in [-0.3, -0.25) is 0 Å². The molecule has 2 atom stereocenters. The van der Waals surface area contributed by atoms with Crippen LogP contribution in [0.2, 0.25) is 0 Å². The Kier molecular flexibility index (Phi) is 4.44. The minimum atomic E-state index is 0.489. The highest BCUT2D eigenvalue weighted by molar-refractivity contribution is 8.11. The monoisotopic (exact) mass is 358 g/mol. The third-order valence-corrected chi connectivity index (χ3v) is 8.42. The highest BCUT2D eigenvalue weighted by Gasteiger charge is 2.32. The van der Waals surface area contributed by atoms with Crippen LogP contribution >= 0.6 is 46.2 Å². The standard InChI is InChI=1S/C18H14S4/c1-2-6-13(7-3-1)21-17-12-16(14-8-4-10-19-14)22-18(17)15-9-5-11-20-15/h1-12,17-18H. The van der Waals surface area contributed by atoms with Crippen molar-refractivity contribution in [1.82, 2.24) is 0 Å². The lowest BCUT2D eigenvalue weighted by Gasteiger charge is -2.16. The molecule has 0 bridgehead atoms. The Bertz CT molecular complexity index is 742. The molecule has 4 rings (SSSR count). The lowest BCUT2D eigenvalue weighted by Crippen LogP contribution is -2.03. The van der Waals surface area contributed by atoms with E-state index in [0.29, 0.717) is 10.5 Å². The summed E-state index contributed by atoms with van der Waals surface area (Å²) in [6.45, 7) is 0. The summed E-state index contributed by atoms with van der Waals surface area (Å²) in [4.78, 5) is 5.64. The topological polar surface area (TPSA) is 0 Å². The van der Waals surface area contributed by atoms with E-state index in [0.717, 1.165) is 0 Å². The molecule has 0 aliphatic carbocycles. The van der Waals surface area contributed by atoms with Crippen LogP contribution in [0.1, 0.15) is 15.0 Å². The van der Waals surface area contributed by atoms with E-state index in [1.165, 1.54) is 19.6 Å². The van der Waals surface area contributed by atoms with E-state index in [-0.39, 0.29) is 0 Å². The highest BCUT2D eigenvalue weighted by atomic mass is 32.2. The van der Waals surface area contributed by atoms with Gasteiger partial charge in [0.1, 0.15) is 0 Å². The van der Waals surface area contributed by atoms with Crippen LogP contribution in [0.5, 0.6) is 0 Å². The van der Waals surface area contributed by atoms with Crippen molar-refractivity contribution in [3.8, 4) is 0 Å². The molecule has 2 aromatic heterocycles. The summed E-state index contributed by atoms with van der Waals surface area (Å²) in [5.41, 5.74) is 0. The average Bonchev–Trinajstić information content (AvgIpc) is 3.29. The molecule has 110 valence electrons. The van der Waals surface area contributed by atoms with Crippen molar-refractivity contribution in [3.05, 3.63) is 81.2 Å². The van der Waals surface area contributed by atoms with Crippen LogP contribution < -0.4 is 0 Å². The summed E-state index contributed by atoms with van der Waals surface area (Å²) >= 11 is 7.69. The fraction of sp³-hybridized carbons (Fsp3) is 0.111. The van der Waals surface area contributed by atoms with E-state index in [9.17, 15) is 0 Å². The Morgan fingerprint density at radius 2 is 1.64 bits per heavy atom. The first-order chi connectivity index (χ1) is 10.9. The van der Waals surface area contributed by atoms with Gasteiger partial charge in [0.2, 0.25) is 0 Å². The minimum Gasteiger partial charge on any atom is -0.148 e. The maximum absolute atomic E-state index is 2.46. The van der Waals surface area contributed by atoms with E-state index >= 15 is 0 Å². The third-order valence-electron chi connectivity index (χ3n) is 3.47. The van der Waals surface area contributed by atoms with E-state index < -0.39 is 0 Å². The molecule has 0 saturated heterocycles. The second kappa shape index (κ2) is 6.67. The zero-order valence-corrected chi connectivity index (χ0v) is 15.0. The third kappa shape index (κ3) is 3.06. The van der Waals surface area contributed by atoms with E-state index in [1.807, 2.05) is 46.2 Å². The zero-order chi connectivity index (χ0) is 14.8.